The van der Waals surface area contributed by atoms with Gasteiger partial charge in [0.1, 0.15) is 6.10 Å². The Morgan fingerprint density at radius 3 is 2.40 bits per heavy atom. The fraction of sp³-hybridized carbons (Fsp3) is 0.714. The molecule has 1 nitrogen and oxygen atoms in total. The van der Waals surface area contributed by atoms with E-state index in [-0.39, 0.29) is 6.42 Å². The summed E-state index contributed by atoms with van der Waals surface area (Å²) in [5.74, 6) is 0. The van der Waals surface area contributed by atoms with Crippen molar-refractivity contribution in [3.8, 4) is 0 Å². The van der Waals surface area contributed by atoms with Crippen molar-refractivity contribution >= 4 is 0 Å². The maximum atomic E-state index is 11.6. The summed E-state index contributed by atoms with van der Waals surface area (Å²) in [4.78, 5) is 0. The molecule has 0 aromatic carbocycles. The SMILES string of the molecule is C=C(CC)CC(O)C(F)F. The smallest absolute Gasteiger partial charge is 0.264 e. The van der Waals surface area contributed by atoms with Crippen LogP contribution in [0.1, 0.15) is 19.8 Å². The van der Waals surface area contributed by atoms with Crippen molar-refractivity contribution in [1.29, 1.82) is 0 Å². The van der Waals surface area contributed by atoms with E-state index < -0.39 is 12.5 Å². The molecule has 0 aromatic heterocycles. The topological polar surface area (TPSA) is 20.2 Å². The Balaban J connectivity index is 3.57. The molecule has 0 saturated carbocycles. The van der Waals surface area contributed by atoms with Gasteiger partial charge in [0, 0.05) is 0 Å². The van der Waals surface area contributed by atoms with Gasteiger partial charge in [-0.25, -0.2) is 8.78 Å². The molecule has 0 amide bonds. The summed E-state index contributed by atoms with van der Waals surface area (Å²) in [6.45, 7) is 5.32. The first-order valence-corrected chi connectivity index (χ1v) is 3.20. The van der Waals surface area contributed by atoms with Gasteiger partial charge in [-0.2, -0.15) is 0 Å². The minimum atomic E-state index is -2.65. The Labute approximate surface area is 59.4 Å². The molecule has 0 rings (SSSR count). The lowest BCUT2D eigenvalue weighted by Gasteiger charge is -2.09. The van der Waals surface area contributed by atoms with Crippen LogP contribution in [-0.2, 0) is 0 Å². The summed E-state index contributed by atoms with van der Waals surface area (Å²) in [6, 6.07) is 0. The summed E-state index contributed by atoms with van der Waals surface area (Å²) >= 11 is 0. The van der Waals surface area contributed by atoms with E-state index in [2.05, 4.69) is 6.58 Å². The molecule has 10 heavy (non-hydrogen) atoms. The van der Waals surface area contributed by atoms with Crippen LogP contribution >= 0.6 is 0 Å². The average Bonchev–Trinajstić information content (AvgIpc) is 1.87. The second-order valence-corrected chi connectivity index (χ2v) is 2.21. The van der Waals surface area contributed by atoms with Gasteiger partial charge in [0.05, 0.1) is 0 Å². The Morgan fingerprint density at radius 1 is 1.60 bits per heavy atom. The molecule has 60 valence electrons. The van der Waals surface area contributed by atoms with Gasteiger partial charge in [-0.1, -0.05) is 19.1 Å². The molecular formula is C7H12F2O. The molecule has 1 N–H and O–H groups in total. The van der Waals surface area contributed by atoms with Gasteiger partial charge < -0.3 is 5.11 Å². The highest BCUT2D eigenvalue weighted by Gasteiger charge is 2.16. The molecule has 0 radical (unpaired) electrons. The summed E-state index contributed by atoms with van der Waals surface area (Å²) < 4.78 is 23.3. The third kappa shape index (κ3) is 3.56. The lowest BCUT2D eigenvalue weighted by atomic mass is 10.1. The van der Waals surface area contributed by atoms with Gasteiger partial charge >= 0.3 is 0 Å². The molecule has 0 bridgehead atoms. The lowest BCUT2D eigenvalue weighted by molar-refractivity contribution is -0.00387. The lowest BCUT2D eigenvalue weighted by Crippen LogP contribution is -2.17. The van der Waals surface area contributed by atoms with Crippen molar-refractivity contribution in [1.82, 2.24) is 0 Å². The van der Waals surface area contributed by atoms with Crippen molar-refractivity contribution in [3.05, 3.63) is 12.2 Å². The van der Waals surface area contributed by atoms with E-state index in [1.165, 1.54) is 0 Å². The highest BCUT2D eigenvalue weighted by Crippen LogP contribution is 2.12. The normalized spacial score (nSPS) is 13.7. The maximum Gasteiger partial charge on any atom is 0.264 e. The van der Waals surface area contributed by atoms with Gasteiger partial charge in [-0.05, 0) is 12.8 Å². The molecular weight excluding hydrogens is 138 g/mol. The van der Waals surface area contributed by atoms with Crippen LogP contribution in [-0.4, -0.2) is 17.6 Å². The Hall–Kier alpha value is -0.440. The zero-order valence-electron chi connectivity index (χ0n) is 5.98. The van der Waals surface area contributed by atoms with E-state index in [1.54, 1.807) is 0 Å². The zero-order valence-corrected chi connectivity index (χ0v) is 5.98. The predicted molar refractivity (Wildman–Crippen MR) is 36.1 cm³/mol. The van der Waals surface area contributed by atoms with E-state index in [0.29, 0.717) is 12.0 Å². The van der Waals surface area contributed by atoms with Crippen molar-refractivity contribution in [2.45, 2.75) is 32.3 Å². The van der Waals surface area contributed by atoms with Crippen LogP contribution in [0.4, 0.5) is 8.78 Å². The minimum Gasteiger partial charge on any atom is -0.387 e. The highest BCUT2D eigenvalue weighted by molar-refractivity contribution is 4.94. The van der Waals surface area contributed by atoms with Gasteiger partial charge in [-0.15, -0.1) is 0 Å². The first-order valence-electron chi connectivity index (χ1n) is 3.20. The van der Waals surface area contributed by atoms with E-state index in [9.17, 15) is 8.78 Å². The second kappa shape index (κ2) is 4.39. The molecule has 0 aliphatic rings. The summed E-state index contributed by atoms with van der Waals surface area (Å²) in [6.07, 6.45) is -3.53. The first-order chi connectivity index (χ1) is 4.57. The van der Waals surface area contributed by atoms with Crippen molar-refractivity contribution in [2.24, 2.45) is 0 Å². The number of aliphatic hydroxyl groups is 1. The minimum absolute atomic E-state index is 0.00810. The number of hydrogen-bond acceptors (Lipinski definition) is 1. The standard InChI is InChI=1S/C7H12F2O/c1-3-5(2)4-6(10)7(8)9/h6-7,10H,2-4H2,1H3. The third-order valence-electron chi connectivity index (χ3n) is 1.29. The number of hydrogen-bond donors (Lipinski definition) is 1. The molecule has 0 heterocycles. The molecule has 3 heteroatoms. The molecule has 0 aromatic rings. The highest BCUT2D eigenvalue weighted by atomic mass is 19.3. The summed E-state index contributed by atoms with van der Waals surface area (Å²) in [7, 11) is 0. The Kier molecular flexibility index (Phi) is 4.19. The molecule has 0 aliphatic carbocycles. The fourth-order valence-corrected chi connectivity index (χ4v) is 0.529. The van der Waals surface area contributed by atoms with E-state index in [1.807, 2.05) is 6.92 Å². The average molecular weight is 150 g/mol. The number of aliphatic hydroxyl groups excluding tert-OH is 1. The molecule has 1 atom stereocenters. The summed E-state index contributed by atoms with van der Waals surface area (Å²) in [5, 5.41) is 8.62. The molecule has 0 aliphatic heterocycles. The van der Waals surface area contributed by atoms with Crippen molar-refractivity contribution < 1.29 is 13.9 Å². The van der Waals surface area contributed by atoms with Crippen molar-refractivity contribution in [2.75, 3.05) is 0 Å². The monoisotopic (exact) mass is 150 g/mol. The Morgan fingerprint density at radius 2 is 2.10 bits per heavy atom. The van der Waals surface area contributed by atoms with Crippen LogP contribution in [0.3, 0.4) is 0 Å². The molecule has 1 unspecified atom stereocenters. The van der Waals surface area contributed by atoms with Gasteiger partial charge in [0.25, 0.3) is 6.43 Å². The van der Waals surface area contributed by atoms with Gasteiger partial charge in [-0.3, -0.25) is 0 Å². The van der Waals surface area contributed by atoms with Crippen LogP contribution in [0.15, 0.2) is 12.2 Å². The van der Waals surface area contributed by atoms with Crippen molar-refractivity contribution in [3.63, 3.8) is 0 Å². The zero-order chi connectivity index (χ0) is 8.15. The van der Waals surface area contributed by atoms with E-state index >= 15 is 0 Å². The number of alkyl halides is 2. The number of halogens is 2. The van der Waals surface area contributed by atoms with Crippen LogP contribution in [0.2, 0.25) is 0 Å². The van der Waals surface area contributed by atoms with Gasteiger partial charge in [0.15, 0.2) is 0 Å². The molecule has 0 fully saturated rings. The fourth-order valence-electron chi connectivity index (χ4n) is 0.529. The number of rotatable bonds is 4. The van der Waals surface area contributed by atoms with Gasteiger partial charge in [0.2, 0.25) is 0 Å². The Bertz CT molecular complexity index is 112. The molecule has 0 saturated heterocycles. The second-order valence-electron chi connectivity index (χ2n) is 2.21. The predicted octanol–water partition coefficient (Wildman–Crippen LogP) is 1.97. The van der Waals surface area contributed by atoms with E-state index in [0.717, 1.165) is 0 Å². The molecule has 0 spiro atoms. The largest absolute Gasteiger partial charge is 0.387 e. The van der Waals surface area contributed by atoms with Crippen LogP contribution in [0.25, 0.3) is 0 Å². The maximum absolute atomic E-state index is 11.6. The van der Waals surface area contributed by atoms with Crippen LogP contribution < -0.4 is 0 Å². The third-order valence-corrected chi connectivity index (χ3v) is 1.29. The quantitative estimate of drug-likeness (QED) is 0.607. The van der Waals surface area contributed by atoms with Crippen LogP contribution in [0.5, 0.6) is 0 Å². The van der Waals surface area contributed by atoms with E-state index in [4.69, 9.17) is 5.11 Å². The van der Waals surface area contributed by atoms with Crippen LogP contribution in [0, 0.1) is 0 Å². The summed E-state index contributed by atoms with van der Waals surface area (Å²) in [5.41, 5.74) is 0.660. The first kappa shape index (κ1) is 9.56.